The van der Waals surface area contributed by atoms with Crippen LogP contribution in [0.25, 0.3) is 0 Å². The minimum absolute atomic E-state index is 0. The molecule has 0 aliphatic carbocycles. The summed E-state index contributed by atoms with van der Waals surface area (Å²) in [5.41, 5.74) is 0. The van der Waals surface area contributed by atoms with Gasteiger partial charge in [0, 0.05) is 40.4 Å². The second kappa shape index (κ2) is 114. The molecule has 0 aliphatic rings. The number of halogens is 2. The van der Waals surface area contributed by atoms with Gasteiger partial charge < -0.3 is 10.2 Å². The van der Waals surface area contributed by atoms with Crippen molar-refractivity contribution in [1.29, 1.82) is 0 Å². The molecule has 0 saturated carbocycles. The van der Waals surface area contributed by atoms with E-state index in [9.17, 15) is 0 Å². The number of aliphatic hydroxyl groups is 2. The Morgan fingerprint density at radius 2 is 0.714 bits per heavy atom. The van der Waals surface area contributed by atoms with Gasteiger partial charge in [-0.1, -0.05) is 0 Å². The molecule has 7 heavy (non-hydrogen) atoms. The first-order valence-electron chi connectivity index (χ1n) is 0.894. The van der Waals surface area contributed by atoms with E-state index in [0.717, 1.165) is 14.2 Å². The molecule has 5 heteroatoms. The van der Waals surface area contributed by atoms with Crippen molar-refractivity contribution in [3.05, 3.63) is 0 Å². The van der Waals surface area contributed by atoms with E-state index < -0.39 is 0 Å². The first kappa shape index (κ1) is 37.3. The van der Waals surface area contributed by atoms with Crippen molar-refractivity contribution in [2.24, 2.45) is 0 Å². The largest absolute Gasteiger partial charge is 0.400 e. The summed E-state index contributed by atoms with van der Waals surface area (Å²) in [5.74, 6) is 0. The van der Waals surface area contributed by atoms with E-state index in [4.69, 9.17) is 10.2 Å². The van der Waals surface area contributed by atoms with Gasteiger partial charge in [-0.3, -0.25) is 0 Å². The van der Waals surface area contributed by atoms with Crippen molar-refractivity contribution in [2.45, 2.75) is 0 Å². The molecule has 0 aliphatic heterocycles. The van der Waals surface area contributed by atoms with Crippen LogP contribution < -0.4 is 0 Å². The third-order valence-electron chi connectivity index (χ3n) is 0. The van der Waals surface area contributed by atoms with Crippen LogP contribution in [-0.2, 0) is 26.2 Å². The Hall–Kier alpha value is 1.76. The number of hydrogen-bond acceptors (Lipinski definition) is 2. The zero-order valence-corrected chi connectivity index (χ0v) is 10.1. The average Bonchev–Trinajstić information content (AvgIpc) is 1.50. The van der Waals surface area contributed by atoms with Crippen LogP contribution in [0.3, 0.4) is 0 Å². The van der Waals surface area contributed by atoms with Crippen molar-refractivity contribution < 1.29 is 36.4 Å². The quantitative estimate of drug-likeness (QED) is 0.678. The maximum absolute atomic E-state index is 7.00. The van der Waals surface area contributed by atoms with E-state index in [2.05, 4.69) is 0 Å². The molecule has 0 amide bonds. The molecule has 0 aromatic heterocycles. The SMILES string of the molecule is Br.Br.CO.CO.[Zr]. The standard InChI is InChI=1S/2CH4O.2BrH.Zr/c2*1-2;;;/h2*2H,1H3;2*1H;. The molecule has 0 aromatic rings. The van der Waals surface area contributed by atoms with Crippen LogP contribution in [0.4, 0.5) is 0 Å². The van der Waals surface area contributed by atoms with E-state index in [1.807, 2.05) is 0 Å². The van der Waals surface area contributed by atoms with Gasteiger partial charge in [-0.25, -0.2) is 0 Å². The summed E-state index contributed by atoms with van der Waals surface area (Å²) in [7, 11) is 2.00. The third-order valence-corrected chi connectivity index (χ3v) is 0. The molecular weight excluding hydrogens is 307 g/mol. The predicted octanol–water partition coefficient (Wildman–Crippen LogP) is 0.370. The van der Waals surface area contributed by atoms with Gasteiger partial charge in [0.05, 0.1) is 0 Å². The summed E-state index contributed by atoms with van der Waals surface area (Å²) in [6.07, 6.45) is 0. The number of hydrogen-bond donors (Lipinski definition) is 2. The summed E-state index contributed by atoms with van der Waals surface area (Å²) in [4.78, 5) is 0. The summed E-state index contributed by atoms with van der Waals surface area (Å²) in [6, 6.07) is 0. The Morgan fingerprint density at radius 1 is 0.714 bits per heavy atom. The van der Waals surface area contributed by atoms with Gasteiger partial charge >= 0.3 is 0 Å². The fourth-order valence-electron chi connectivity index (χ4n) is 0. The summed E-state index contributed by atoms with van der Waals surface area (Å²) in [5, 5.41) is 14.0. The Morgan fingerprint density at radius 3 is 0.714 bits per heavy atom. The Kier molecular flexibility index (Phi) is 609. The summed E-state index contributed by atoms with van der Waals surface area (Å²) >= 11 is 0. The van der Waals surface area contributed by atoms with Crippen LogP contribution in [0.5, 0.6) is 0 Å². The van der Waals surface area contributed by atoms with Crippen molar-refractivity contribution in [2.75, 3.05) is 14.2 Å². The fourth-order valence-corrected chi connectivity index (χ4v) is 0. The van der Waals surface area contributed by atoms with Gasteiger partial charge in [0.2, 0.25) is 0 Å². The van der Waals surface area contributed by atoms with Crippen molar-refractivity contribution in [1.82, 2.24) is 0 Å². The molecule has 48 valence electrons. The van der Waals surface area contributed by atoms with Gasteiger partial charge in [-0.2, -0.15) is 0 Å². The van der Waals surface area contributed by atoms with Crippen molar-refractivity contribution >= 4 is 34.0 Å². The van der Waals surface area contributed by atoms with Crippen LogP contribution >= 0.6 is 34.0 Å². The maximum atomic E-state index is 7.00. The summed E-state index contributed by atoms with van der Waals surface area (Å²) in [6.45, 7) is 0. The van der Waals surface area contributed by atoms with Crippen LogP contribution in [0, 0.1) is 0 Å². The molecule has 0 saturated heterocycles. The van der Waals surface area contributed by atoms with Gasteiger partial charge in [-0.15, -0.1) is 34.0 Å². The van der Waals surface area contributed by atoms with E-state index in [0.29, 0.717) is 0 Å². The van der Waals surface area contributed by atoms with Crippen molar-refractivity contribution in [3.63, 3.8) is 0 Å². The Labute approximate surface area is 84.0 Å². The third kappa shape index (κ3) is 82.9. The molecule has 2 nitrogen and oxygen atoms in total. The molecular formula is C2H10Br2O2Zr. The monoisotopic (exact) mass is 314 g/mol. The molecule has 0 atom stereocenters. The minimum atomic E-state index is 0. The fraction of sp³-hybridized carbons (Fsp3) is 1.00. The molecule has 0 unspecified atom stereocenters. The zero-order chi connectivity index (χ0) is 4.00. The minimum Gasteiger partial charge on any atom is -0.400 e. The first-order chi connectivity index (χ1) is 2.00. The number of aliphatic hydroxyl groups excluding tert-OH is 2. The normalized spacial score (nSPS) is 1.71. The Balaban J connectivity index is -0.00000000267. The van der Waals surface area contributed by atoms with E-state index in [1.54, 1.807) is 0 Å². The zero-order valence-electron chi connectivity index (χ0n) is 4.21. The van der Waals surface area contributed by atoms with Gasteiger partial charge in [0.25, 0.3) is 0 Å². The van der Waals surface area contributed by atoms with Gasteiger partial charge in [0.1, 0.15) is 0 Å². The van der Waals surface area contributed by atoms with Crippen LogP contribution in [-0.4, -0.2) is 24.4 Å². The second-order valence-corrected chi connectivity index (χ2v) is 0. The number of rotatable bonds is 0. The molecule has 2 N–H and O–H groups in total. The molecule has 0 fully saturated rings. The maximum Gasteiger partial charge on any atom is 0.0319 e. The topological polar surface area (TPSA) is 40.5 Å². The first-order valence-corrected chi connectivity index (χ1v) is 0.894. The molecule has 0 aromatic carbocycles. The summed E-state index contributed by atoms with van der Waals surface area (Å²) < 4.78 is 0. The van der Waals surface area contributed by atoms with E-state index >= 15 is 0 Å². The predicted molar refractivity (Wildman–Crippen MR) is 36.9 cm³/mol. The smallest absolute Gasteiger partial charge is 0.0319 e. The second-order valence-electron chi connectivity index (χ2n) is 0. The Bertz CT molecular complexity index is 13.7. The van der Waals surface area contributed by atoms with Gasteiger partial charge in [-0.05, 0) is 0 Å². The van der Waals surface area contributed by atoms with Crippen LogP contribution in [0.2, 0.25) is 0 Å². The van der Waals surface area contributed by atoms with E-state index in [-0.39, 0.29) is 60.2 Å². The molecule has 0 bridgehead atoms. The average molecular weight is 317 g/mol. The van der Waals surface area contributed by atoms with Crippen LogP contribution in [0.1, 0.15) is 0 Å². The van der Waals surface area contributed by atoms with Gasteiger partial charge in [0.15, 0.2) is 0 Å². The molecule has 0 radical (unpaired) electrons. The molecule has 0 spiro atoms. The van der Waals surface area contributed by atoms with E-state index in [1.165, 1.54) is 0 Å². The van der Waals surface area contributed by atoms with Crippen LogP contribution in [0.15, 0.2) is 0 Å². The molecule has 0 rings (SSSR count). The molecule has 0 heterocycles. The van der Waals surface area contributed by atoms with Crippen molar-refractivity contribution in [3.8, 4) is 0 Å².